The third-order valence-electron chi connectivity index (χ3n) is 1.94. The highest BCUT2D eigenvalue weighted by Gasteiger charge is 1.96. The minimum Gasteiger partial charge on any atom is -0.311 e. The molecule has 2 heteroatoms. The average Bonchev–Trinajstić information content (AvgIpc) is 2.48. The fraction of sp³-hybridized carbons (Fsp3) is 0.500. The summed E-state index contributed by atoms with van der Waals surface area (Å²) in [5, 5.41) is 3.41. The predicted molar refractivity (Wildman–Crippen MR) is 65.8 cm³/mol. The van der Waals surface area contributed by atoms with Gasteiger partial charge in [0.25, 0.3) is 0 Å². The highest BCUT2D eigenvalue weighted by atomic mass is 32.1. The molecule has 0 saturated carbocycles. The van der Waals surface area contributed by atoms with E-state index in [1.165, 1.54) is 15.3 Å². The van der Waals surface area contributed by atoms with E-state index in [4.69, 9.17) is 0 Å². The molecule has 1 nitrogen and oxygen atoms in total. The van der Waals surface area contributed by atoms with Crippen molar-refractivity contribution in [2.45, 2.75) is 33.7 Å². The summed E-state index contributed by atoms with van der Waals surface area (Å²) >= 11 is 1.85. The Kier molecular flexibility index (Phi) is 4.36. The number of hydrogen-bond acceptors (Lipinski definition) is 2. The van der Waals surface area contributed by atoms with Gasteiger partial charge in [-0.15, -0.1) is 11.3 Å². The maximum Gasteiger partial charge on any atom is 0.0273 e. The normalized spacial score (nSPS) is 12.5. The molecule has 0 amide bonds. The van der Waals surface area contributed by atoms with Crippen molar-refractivity contribution in [3.05, 3.63) is 27.5 Å². The van der Waals surface area contributed by atoms with Crippen LogP contribution in [0.15, 0.2) is 17.7 Å². The van der Waals surface area contributed by atoms with E-state index in [2.05, 4.69) is 51.2 Å². The van der Waals surface area contributed by atoms with Crippen molar-refractivity contribution < 1.29 is 0 Å². The van der Waals surface area contributed by atoms with Crippen molar-refractivity contribution in [3.8, 4) is 0 Å². The zero-order valence-corrected chi connectivity index (χ0v) is 10.2. The molecule has 1 heterocycles. The molecule has 0 aliphatic carbocycles. The summed E-state index contributed by atoms with van der Waals surface area (Å²) < 4.78 is 0. The van der Waals surface area contributed by atoms with Gasteiger partial charge in [-0.25, -0.2) is 0 Å². The Hall–Kier alpha value is -0.600. The van der Waals surface area contributed by atoms with Gasteiger partial charge >= 0.3 is 0 Å². The minimum atomic E-state index is 0.559. The number of rotatable bonds is 4. The third-order valence-corrected chi connectivity index (χ3v) is 2.89. The van der Waals surface area contributed by atoms with Crippen LogP contribution in [-0.4, -0.2) is 12.6 Å². The van der Waals surface area contributed by atoms with Gasteiger partial charge in [0.15, 0.2) is 0 Å². The molecule has 0 aliphatic heterocycles. The molecule has 0 aromatic carbocycles. The van der Waals surface area contributed by atoms with E-state index in [1.807, 2.05) is 11.3 Å². The number of aryl methyl sites for hydroxylation is 1. The van der Waals surface area contributed by atoms with Gasteiger partial charge in [-0.05, 0) is 32.1 Å². The molecule has 0 radical (unpaired) electrons. The highest BCUT2D eigenvalue weighted by Crippen LogP contribution is 2.17. The van der Waals surface area contributed by atoms with Gasteiger partial charge in [0.05, 0.1) is 0 Å². The van der Waals surface area contributed by atoms with E-state index in [-0.39, 0.29) is 0 Å². The first-order valence-corrected chi connectivity index (χ1v) is 5.86. The number of nitrogens with one attached hydrogen (secondary N) is 1. The second-order valence-electron chi connectivity index (χ2n) is 3.97. The summed E-state index contributed by atoms with van der Waals surface area (Å²) in [5.74, 6) is 0. The van der Waals surface area contributed by atoms with Gasteiger partial charge in [0, 0.05) is 22.3 Å². The SMILES string of the molecule is CC(=Cc1ccc(C)s1)CNC(C)C. The van der Waals surface area contributed by atoms with Crippen molar-refractivity contribution in [2.24, 2.45) is 0 Å². The summed E-state index contributed by atoms with van der Waals surface area (Å²) in [4.78, 5) is 2.73. The lowest BCUT2D eigenvalue weighted by Gasteiger charge is -2.07. The molecular weight excluding hydrogens is 190 g/mol. The molecular formula is C12H19NS. The number of hydrogen-bond donors (Lipinski definition) is 1. The van der Waals surface area contributed by atoms with Gasteiger partial charge in [0.1, 0.15) is 0 Å². The lowest BCUT2D eigenvalue weighted by Crippen LogP contribution is -2.24. The van der Waals surface area contributed by atoms with E-state index in [0.717, 1.165) is 6.54 Å². The Morgan fingerprint density at radius 2 is 2.21 bits per heavy atom. The van der Waals surface area contributed by atoms with Crippen molar-refractivity contribution in [1.29, 1.82) is 0 Å². The molecule has 0 aliphatic rings. The maximum atomic E-state index is 3.41. The van der Waals surface area contributed by atoms with Crippen LogP contribution in [0.2, 0.25) is 0 Å². The highest BCUT2D eigenvalue weighted by molar-refractivity contribution is 7.12. The van der Waals surface area contributed by atoms with Crippen molar-refractivity contribution in [1.82, 2.24) is 5.32 Å². The summed E-state index contributed by atoms with van der Waals surface area (Å²) in [6, 6.07) is 4.90. The Balaban J connectivity index is 2.51. The molecule has 1 N–H and O–H groups in total. The standard InChI is InChI=1S/C12H19NS/c1-9(2)13-8-10(3)7-12-6-5-11(4)14-12/h5-7,9,13H,8H2,1-4H3. The van der Waals surface area contributed by atoms with Crippen LogP contribution in [0.4, 0.5) is 0 Å². The molecule has 1 aromatic rings. The largest absolute Gasteiger partial charge is 0.311 e. The van der Waals surface area contributed by atoms with Gasteiger partial charge in [-0.2, -0.15) is 0 Å². The molecule has 14 heavy (non-hydrogen) atoms. The molecule has 78 valence electrons. The maximum absolute atomic E-state index is 3.41. The fourth-order valence-corrected chi connectivity index (χ4v) is 2.09. The molecule has 0 atom stereocenters. The monoisotopic (exact) mass is 209 g/mol. The third kappa shape index (κ3) is 4.07. The molecule has 1 rings (SSSR count). The smallest absolute Gasteiger partial charge is 0.0273 e. The Morgan fingerprint density at radius 1 is 1.50 bits per heavy atom. The zero-order chi connectivity index (χ0) is 10.6. The van der Waals surface area contributed by atoms with Crippen LogP contribution >= 0.6 is 11.3 Å². The van der Waals surface area contributed by atoms with Crippen LogP contribution < -0.4 is 5.32 Å². The van der Waals surface area contributed by atoms with Crippen LogP contribution in [0.1, 0.15) is 30.5 Å². The predicted octanol–water partition coefficient (Wildman–Crippen LogP) is 3.46. The van der Waals surface area contributed by atoms with Crippen LogP contribution in [0.5, 0.6) is 0 Å². The van der Waals surface area contributed by atoms with Crippen LogP contribution in [-0.2, 0) is 0 Å². The molecule has 1 aromatic heterocycles. The fourth-order valence-electron chi connectivity index (χ4n) is 1.19. The lowest BCUT2D eigenvalue weighted by atomic mass is 10.2. The first kappa shape index (κ1) is 11.5. The van der Waals surface area contributed by atoms with Gasteiger partial charge < -0.3 is 5.32 Å². The first-order chi connectivity index (χ1) is 6.58. The Morgan fingerprint density at radius 3 is 2.71 bits per heavy atom. The summed E-state index contributed by atoms with van der Waals surface area (Å²) in [7, 11) is 0. The van der Waals surface area contributed by atoms with Gasteiger partial charge in [-0.3, -0.25) is 0 Å². The molecule has 0 saturated heterocycles. The second kappa shape index (κ2) is 5.32. The van der Waals surface area contributed by atoms with Crippen molar-refractivity contribution in [3.63, 3.8) is 0 Å². The molecule has 0 spiro atoms. The van der Waals surface area contributed by atoms with E-state index in [1.54, 1.807) is 0 Å². The topological polar surface area (TPSA) is 12.0 Å². The Labute approximate surface area is 90.9 Å². The number of thiophene rings is 1. The summed E-state index contributed by atoms with van der Waals surface area (Å²) in [5.41, 5.74) is 1.39. The molecule has 0 unspecified atom stereocenters. The summed E-state index contributed by atoms with van der Waals surface area (Å²) in [6.45, 7) is 9.63. The van der Waals surface area contributed by atoms with Crippen LogP contribution in [0.3, 0.4) is 0 Å². The minimum absolute atomic E-state index is 0.559. The van der Waals surface area contributed by atoms with E-state index in [0.29, 0.717) is 6.04 Å². The van der Waals surface area contributed by atoms with E-state index < -0.39 is 0 Å². The van der Waals surface area contributed by atoms with Gasteiger partial charge in [-0.1, -0.05) is 19.4 Å². The van der Waals surface area contributed by atoms with Crippen LogP contribution in [0.25, 0.3) is 6.08 Å². The quantitative estimate of drug-likeness (QED) is 0.801. The second-order valence-corrected chi connectivity index (χ2v) is 5.29. The van der Waals surface area contributed by atoms with E-state index in [9.17, 15) is 0 Å². The zero-order valence-electron chi connectivity index (χ0n) is 9.42. The van der Waals surface area contributed by atoms with Gasteiger partial charge in [0.2, 0.25) is 0 Å². The van der Waals surface area contributed by atoms with Crippen molar-refractivity contribution in [2.75, 3.05) is 6.54 Å². The molecule has 0 fully saturated rings. The van der Waals surface area contributed by atoms with Crippen LogP contribution in [0, 0.1) is 6.92 Å². The Bertz CT molecular complexity index is 310. The van der Waals surface area contributed by atoms with E-state index >= 15 is 0 Å². The molecule has 0 bridgehead atoms. The first-order valence-electron chi connectivity index (χ1n) is 5.05. The van der Waals surface area contributed by atoms with Crippen molar-refractivity contribution >= 4 is 17.4 Å². The summed E-state index contributed by atoms with van der Waals surface area (Å²) in [6.07, 6.45) is 2.26. The lowest BCUT2D eigenvalue weighted by molar-refractivity contribution is 0.623. The average molecular weight is 209 g/mol.